The van der Waals surface area contributed by atoms with E-state index in [2.05, 4.69) is 51.8 Å². The van der Waals surface area contributed by atoms with Crippen LogP contribution in [0, 0.1) is 0 Å². The Labute approximate surface area is 133 Å². The Balaban J connectivity index is 2.91. The van der Waals surface area contributed by atoms with E-state index in [1.165, 1.54) is 10.6 Å². The van der Waals surface area contributed by atoms with E-state index < -0.39 is 0 Å². The third kappa shape index (κ3) is 5.93. The third-order valence-corrected chi connectivity index (χ3v) is 4.39. The van der Waals surface area contributed by atoms with E-state index in [1.807, 2.05) is 11.3 Å². The zero-order valence-electron chi connectivity index (χ0n) is 14.6. The van der Waals surface area contributed by atoms with Gasteiger partial charge in [0.2, 0.25) is 0 Å². The minimum absolute atomic E-state index is 0.124. The molecule has 0 unspecified atom stereocenters. The van der Waals surface area contributed by atoms with E-state index in [4.69, 9.17) is 9.72 Å². The first-order valence-electron chi connectivity index (χ1n) is 7.77. The van der Waals surface area contributed by atoms with E-state index in [-0.39, 0.29) is 5.54 Å². The second-order valence-corrected chi connectivity index (χ2v) is 7.70. The number of nitrogens with zero attached hydrogens (tertiary/aromatic N) is 2. The fourth-order valence-electron chi connectivity index (χ4n) is 2.00. The van der Waals surface area contributed by atoms with Gasteiger partial charge >= 0.3 is 0 Å². The van der Waals surface area contributed by atoms with Crippen molar-refractivity contribution in [1.82, 2.24) is 10.3 Å². The van der Waals surface area contributed by atoms with E-state index in [9.17, 15) is 0 Å². The number of ether oxygens (including phenoxy) is 1. The zero-order valence-corrected chi connectivity index (χ0v) is 15.4. The summed E-state index contributed by atoms with van der Waals surface area (Å²) in [6, 6.07) is 0. The summed E-state index contributed by atoms with van der Waals surface area (Å²) in [5.41, 5.74) is 1.35. The molecule has 0 aliphatic carbocycles. The van der Waals surface area contributed by atoms with Crippen LogP contribution in [0.4, 0.5) is 5.13 Å². The number of hydrogen-bond donors (Lipinski definition) is 1. The standard InChI is InChI=1S/C16H31N3OS/c1-8-19(9-10-20-7)15-18-14(12(2)3)13(21-15)11-17-16(4,5)6/h12,17H,8-11H2,1-7H3. The topological polar surface area (TPSA) is 37.4 Å². The van der Waals surface area contributed by atoms with Crippen molar-refractivity contribution in [2.45, 2.75) is 59.5 Å². The molecule has 1 aromatic rings. The number of aromatic nitrogens is 1. The van der Waals surface area contributed by atoms with Crippen LogP contribution in [0.5, 0.6) is 0 Å². The average Bonchev–Trinajstić information content (AvgIpc) is 2.81. The van der Waals surface area contributed by atoms with Gasteiger partial charge in [0.05, 0.1) is 12.3 Å². The molecule has 122 valence electrons. The molecule has 0 aromatic carbocycles. The number of hydrogen-bond acceptors (Lipinski definition) is 5. The molecule has 0 aliphatic heterocycles. The average molecular weight is 314 g/mol. The molecule has 0 bridgehead atoms. The van der Waals surface area contributed by atoms with Crippen LogP contribution in [0.15, 0.2) is 0 Å². The number of methoxy groups -OCH3 is 1. The molecule has 0 aliphatic rings. The lowest BCUT2D eigenvalue weighted by Gasteiger charge is -2.20. The molecule has 5 heteroatoms. The number of anilines is 1. The van der Waals surface area contributed by atoms with Gasteiger partial charge in [-0.1, -0.05) is 13.8 Å². The third-order valence-electron chi connectivity index (χ3n) is 3.26. The smallest absolute Gasteiger partial charge is 0.185 e. The minimum atomic E-state index is 0.124. The summed E-state index contributed by atoms with van der Waals surface area (Å²) in [7, 11) is 1.74. The second kappa shape index (κ2) is 8.11. The van der Waals surface area contributed by atoms with Crippen molar-refractivity contribution in [3.63, 3.8) is 0 Å². The molecular weight excluding hydrogens is 282 g/mol. The Morgan fingerprint density at radius 3 is 2.48 bits per heavy atom. The summed E-state index contributed by atoms with van der Waals surface area (Å²) in [6.07, 6.45) is 0. The Bertz CT molecular complexity index is 424. The highest BCUT2D eigenvalue weighted by Crippen LogP contribution is 2.31. The van der Waals surface area contributed by atoms with E-state index >= 15 is 0 Å². The predicted octanol–water partition coefficient (Wildman–Crippen LogP) is 3.63. The van der Waals surface area contributed by atoms with Gasteiger partial charge in [-0.25, -0.2) is 4.98 Å². The highest BCUT2D eigenvalue weighted by molar-refractivity contribution is 7.15. The fourth-order valence-corrected chi connectivity index (χ4v) is 3.24. The van der Waals surface area contributed by atoms with Gasteiger partial charge in [-0.2, -0.15) is 0 Å². The van der Waals surface area contributed by atoms with Crippen molar-refractivity contribution < 1.29 is 4.74 Å². The first-order valence-corrected chi connectivity index (χ1v) is 8.58. The molecule has 1 rings (SSSR count). The second-order valence-electron chi connectivity index (χ2n) is 6.64. The van der Waals surface area contributed by atoms with Crippen LogP contribution >= 0.6 is 11.3 Å². The Morgan fingerprint density at radius 2 is 2.00 bits per heavy atom. The maximum absolute atomic E-state index is 5.20. The highest BCUT2D eigenvalue weighted by atomic mass is 32.1. The van der Waals surface area contributed by atoms with Crippen molar-refractivity contribution in [3.05, 3.63) is 10.6 Å². The van der Waals surface area contributed by atoms with Crippen molar-refractivity contribution in [2.75, 3.05) is 31.7 Å². The maximum atomic E-state index is 5.20. The van der Waals surface area contributed by atoms with Gasteiger partial charge in [0, 0.05) is 37.2 Å². The largest absolute Gasteiger partial charge is 0.383 e. The molecule has 1 aromatic heterocycles. The molecule has 0 saturated heterocycles. The molecule has 21 heavy (non-hydrogen) atoms. The molecule has 1 heterocycles. The quantitative estimate of drug-likeness (QED) is 0.795. The monoisotopic (exact) mass is 313 g/mol. The molecule has 0 radical (unpaired) electrons. The lowest BCUT2D eigenvalue weighted by atomic mass is 10.1. The Morgan fingerprint density at radius 1 is 1.33 bits per heavy atom. The number of likely N-dealkylation sites (N-methyl/N-ethyl adjacent to an activating group) is 1. The zero-order chi connectivity index (χ0) is 16.0. The van der Waals surface area contributed by atoms with E-state index in [1.54, 1.807) is 7.11 Å². The summed E-state index contributed by atoms with van der Waals surface area (Å²) in [5, 5.41) is 4.69. The van der Waals surface area contributed by atoms with Crippen molar-refractivity contribution in [3.8, 4) is 0 Å². The highest BCUT2D eigenvalue weighted by Gasteiger charge is 2.19. The Hall–Kier alpha value is -0.650. The maximum Gasteiger partial charge on any atom is 0.185 e. The van der Waals surface area contributed by atoms with Gasteiger partial charge in [-0.05, 0) is 33.6 Å². The van der Waals surface area contributed by atoms with Crippen LogP contribution < -0.4 is 10.2 Å². The van der Waals surface area contributed by atoms with Crippen LogP contribution in [-0.4, -0.2) is 37.3 Å². The molecule has 1 N–H and O–H groups in total. The normalized spacial score (nSPS) is 12.2. The molecule has 4 nitrogen and oxygen atoms in total. The summed E-state index contributed by atoms with van der Waals surface area (Å²) in [4.78, 5) is 8.53. The molecule has 0 saturated carbocycles. The van der Waals surface area contributed by atoms with Gasteiger partial charge in [-0.15, -0.1) is 11.3 Å². The van der Waals surface area contributed by atoms with Crippen molar-refractivity contribution in [1.29, 1.82) is 0 Å². The number of rotatable bonds is 8. The van der Waals surface area contributed by atoms with Crippen LogP contribution in [0.2, 0.25) is 0 Å². The summed E-state index contributed by atoms with van der Waals surface area (Å²) in [6.45, 7) is 16.7. The van der Waals surface area contributed by atoms with Crippen molar-refractivity contribution >= 4 is 16.5 Å². The number of nitrogens with one attached hydrogen (secondary N) is 1. The minimum Gasteiger partial charge on any atom is -0.383 e. The molecule has 0 amide bonds. The van der Waals surface area contributed by atoms with Gasteiger partial charge in [-0.3, -0.25) is 0 Å². The van der Waals surface area contributed by atoms with Crippen LogP contribution in [0.1, 0.15) is 58.0 Å². The summed E-state index contributed by atoms with van der Waals surface area (Å²) < 4.78 is 5.20. The van der Waals surface area contributed by atoms with Gasteiger partial charge in [0.25, 0.3) is 0 Å². The van der Waals surface area contributed by atoms with Crippen molar-refractivity contribution in [2.24, 2.45) is 0 Å². The van der Waals surface area contributed by atoms with Crippen LogP contribution in [0.25, 0.3) is 0 Å². The first kappa shape index (κ1) is 18.4. The van der Waals surface area contributed by atoms with Crippen LogP contribution in [0.3, 0.4) is 0 Å². The SMILES string of the molecule is CCN(CCOC)c1nc(C(C)C)c(CNC(C)(C)C)s1. The van der Waals surface area contributed by atoms with Gasteiger partial charge in [0.1, 0.15) is 0 Å². The van der Waals surface area contributed by atoms with Crippen LogP contribution in [-0.2, 0) is 11.3 Å². The lowest BCUT2D eigenvalue weighted by Crippen LogP contribution is -2.35. The molecule has 0 fully saturated rings. The summed E-state index contributed by atoms with van der Waals surface area (Å²) >= 11 is 1.81. The Kier molecular flexibility index (Phi) is 7.10. The van der Waals surface area contributed by atoms with E-state index in [0.717, 1.165) is 31.4 Å². The number of thiazole rings is 1. The predicted molar refractivity (Wildman–Crippen MR) is 92.6 cm³/mol. The van der Waals surface area contributed by atoms with E-state index in [0.29, 0.717) is 5.92 Å². The molecule has 0 spiro atoms. The molecular formula is C16H31N3OS. The van der Waals surface area contributed by atoms with Gasteiger partial charge < -0.3 is 15.0 Å². The van der Waals surface area contributed by atoms with Gasteiger partial charge in [0.15, 0.2) is 5.13 Å². The fraction of sp³-hybridized carbons (Fsp3) is 0.812. The first-order chi connectivity index (χ1) is 9.78. The lowest BCUT2D eigenvalue weighted by molar-refractivity contribution is 0.205. The molecule has 0 atom stereocenters. The summed E-state index contributed by atoms with van der Waals surface area (Å²) in [5.74, 6) is 0.452.